The summed E-state index contributed by atoms with van der Waals surface area (Å²) in [5.74, 6) is 0. The van der Waals surface area contributed by atoms with Gasteiger partial charge in [0, 0.05) is 0 Å². The molecule has 0 heterocycles. The molecule has 0 aromatic carbocycles. The van der Waals surface area contributed by atoms with Crippen LogP contribution in [0.25, 0.3) is 0 Å². The van der Waals surface area contributed by atoms with Gasteiger partial charge in [-0.25, -0.2) is 0 Å². The number of rotatable bonds is 1. The molecule has 0 radical (unpaired) electrons. The van der Waals surface area contributed by atoms with Crippen molar-refractivity contribution in [3.05, 3.63) is 0 Å². The maximum Gasteiger partial charge on any atom is 0.261 e. The first-order valence-electron chi connectivity index (χ1n) is 0.958. The van der Waals surface area contributed by atoms with Crippen LogP contribution in [-0.4, -0.2) is 10.6 Å². The first-order valence-corrected chi connectivity index (χ1v) is 2.34. The summed E-state index contributed by atoms with van der Waals surface area (Å²) >= 11 is -1.74. The summed E-state index contributed by atoms with van der Waals surface area (Å²) in [7, 11) is 0. The summed E-state index contributed by atoms with van der Waals surface area (Å²) in [6.45, 7) is 0. The molecule has 0 spiro atoms. The van der Waals surface area contributed by atoms with Crippen LogP contribution in [0.3, 0.4) is 0 Å². The van der Waals surface area contributed by atoms with Gasteiger partial charge in [0.1, 0.15) is 0 Å². The third-order valence-corrected chi connectivity index (χ3v) is 0.323. The Labute approximate surface area is 32.5 Å². The fourth-order valence-electron chi connectivity index (χ4n) is 0. The van der Waals surface area contributed by atoms with E-state index < -0.39 is 17.4 Å². The summed E-state index contributed by atoms with van der Waals surface area (Å²) < 4.78 is 20.0. The second kappa shape index (κ2) is 2.44. The van der Waals surface area contributed by atoms with Gasteiger partial charge in [-0.15, -0.1) is 0 Å². The van der Waals surface area contributed by atoms with E-state index in [1.807, 2.05) is 0 Å². The minimum absolute atomic E-state index is 0.944. The average molecular weight is 97.1 g/mol. The lowest BCUT2D eigenvalue weighted by Gasteiger charge is -1.90. The summed E-state index contributed by atoms with van der Waals surface area (Å²) in [5, 5.41) is 4.39. The zero-order valence-electron chi connectivity index (χ0n) is 2.48. The highest BCUT2D eigenvalue weighted by molar-refractivity contribution is 7.88. The molecule has 0 aliphatic carbocycles. The number of hydrogen-bond acceptors (Lipinski definition) is 2. The van der Waals surface area contributed by atoms with Gasteiger partial charge < -0.3 is 4.55 Å². The van der Waals surface area contributed by atoms with Gasteiger partial charge in [-0.05, 0) is 0 Å². The van der Waals surface area contributed by atoms with Crippen LogP contribution >= 0.6 is 0 Å². The predicted molar refractivity (Wildman–Crippen MR) is 18.3 cm³/mol. The second-order valence-corrected chi connectivity index (χ2v) is 1.47. The largest absolute Gasteiger partial charge is 0.596 e. The number of hydrogen-bond donors (Lipinski definition) is 1. The summed E-state index contributed by atoms with van der Waals surface area (Å²) in [6.07, 6.45) is 0. The van der Waals surface area contributed by atoms with Crippen LogP contribution in [0, 0.1) is 0 Å². The molecular formula is CH4FNOS. The van der Waals surface area contributed by atoms with Crippen molar-refractivity contribution in [2.45, 2.75) is 0 Å². The van der Waals surface area contributed by atoms with Crippen LogP contribution in [0.15, 0.2) is 0 Å². The van der Waals surface area contributed by atoms with E-state index in [2.05, 4.69) is 5.14 Å². The molecule has 2 N–H and O–H groups in total. The molecule has 2 nitrogen and oxygen atoms in total. The zero-order valence-corrected chi connectivity index (χ0v) is 3.30. The number of alkyl halides is 1. The molecular weight excluding hydrogens is 93.1 g/mol. The van der Waals surface area contributed by atoms with Crippen molar-refractivity contribution in [3.8, 4) is 0 Å². The molecule has 0 aliphatic rings. The molecule has 0 aromatic heterocycles. The van der Waals surface area contributed by atoms with Gasteiger partial charge in [0.15, 0.2) is 0 Å². The Morgan fingerprint density at radius 2 is 2.20 bits per heavy atom. The highest BCUT2D eigenvalue weighted by Crippen LogP contribution is 1.72. The van der Waals surface area contributed by atoms with Crippen LogP contribution in [-0.2, 0) is 11.4 Å². The fourth-order valence-corrected chi connectivity index (χ4v) is 0. The van der Waals surface area contributed by atoms with Crippen molar-refractivity contribution in [2.24, 2.45) is 5.14 Å². The SMILES string of the molecule is N[S+]([O-])CF. The highest BCUT2D eigenvalue weighted by Gasteiger charge is 1.87. The van der Waals surface area contributed by atoms with Crippen molar-refractivity contribution in [3.63, 3.8) is 0 Å². The van der Waals surface area contributed by atoms with E-state index in [4.69, 9.17) is 0 Å². The molecule has 0 bridgehead atoms. The van der Waals surface area contributed by atoms with Gasteiger partial charge in [-0.1, -0.05) is 0 Å². The first kappa shape index (κ1) is 5.20. The molecule has 5 heavy (non-hydrogen) atoms. The third kappa shape index (κ3) is 4.20. The monoisotopic (exact) mass is 97.0 g/mol. The van der Waals surface area contributed by atoms with E-state index >= 15 is 0 Å². The molecule has 32 valence electrons. The number of nitrogens with two attached hydrogens (primary N) is 1. The highest BCUT2D eigenvalue weighted by atomic mass is 32.2. The van der Waals surface area contributed by atoms with Crippen LogP contribution in [0.2, 0.25) is 0 Å². The molecule has 0 amide bonds. The van der Waals surface area contributed by atoms with E-state index in [1.165, 1.54) is 0 Å². The lowest BCUT2D eigenvalue weighted by molar-refractivity contribution is 0.535. The van der Waals surface area contributed by atoms with E-state index in [0.717, 1.165) is 0 Å². The van der Waals surface area contributed by atoms with Gasteiger partial charge in [0.05, 0.1) is 11.4 Å². The summed E-state index contributed by atoms with van der Waals surface area (Å²) in [4.78, 5) is 0. The van der Waals surface area contributed by atoms with Gasteiger partial charge in [0.25, 0.3) is 6.01 Å². The Kier molecular flexibility index (Phi) is 2.54. The maximum atomic E-state index is 10.7. The predicted octanol–water partition coefficient (Wildman–Crippen LogP) is -0.464. The lowest BCUT2D eigenvalue weighted by atomic mass is 11.8. The first-order chi connectivity index (χ1) is 2.27. The Bertz CT molecular complexity index is 25.6. The molecule has 4 heteroatoms. The summed E-state index contributed by atoms with van der Waals surface area (Å²) in [5.41, 5.74) is 0. The average Bonchev–Trinajstić information content (AvgIpc) is 1.38. The molecule has 0 saturated carbocycles. The maximum absolute atomic E-state index is 10.7. The minimum Gasteiger partial charge on any atom is -0.596 e. The minimum atomic E-state index is -1.74. The standard InChI is InChI=1S/CH4FNOS/c2-1-5(3)4/h1,3H2. The molecule has 0 fully saturated rings. The van der Waals surface area contributed by atoms with Crippen molar-refractivity contribution < 1.29 is 8.94 Å². The van der Waals surface area contributed by atoms with E-state index in [-0.39, 0.29) is 0 Å². The fraction of sp³-hybridized carbons (Fsp3) is 1.00. The Morgan fingerprint density at radius 3 is 2.20 bits per heavy atom. The van der Waals surface area contributed by atoms with Crippen LogP contribution in [0.4, 0.5) is 4.39 Å². The van der Waals surface area contributed by atoms with Crippen molar-refractivity contribution in [2.75, 3.05) is 6.01 Å². The van der Waals surface area contributed by atoms with Gasteiger partial charge in [-0.3, -0.25) is 0 Å². The lowest BCUT2D eigenvalue weighted by Crippen LogP contribution is -2.12. The smallest absolute Gasteiger partial charge is 0.261 e. The van der Waals surface area contributed by atoms with Crippen LogP contribution in [0.1, 0.15) is 0 Å². The van der Waals surface area contributed by atoms with Gasteiger partial charge in [-0.2, -0.15) is 9.53 Å². The van der Waals surface area contributed by atoms with Gasteiger partial charge in [0.2, 0.25) is 0 Å². The quantitative estimate of drug-likeness (QED) is 0.450. The molecule has 0 aliphatic heterocycles. The number of halogens is 1. The normalized spacial score (nSPS) is 15.0. The van der Waals surface area contributed by atoms with E-state index in [9.17, 15) is 8.94 Å². The molecule has 0 aromatic rings. The second-order valence-electron chi connectivity index (χ2n) is 0.490. The van der Waals surface area contributed by atoms with Crippen LogP contribution in [0.5, 0.6) is 0 Å². The molecule has 1 unspecified atom stereocenters. The Hall–Kier alpha value is 0.200. The third-order valence-electron chi connectivity index (χ3n) is 0.108. The zero-order chi connectivity index (χ0) is 4.28. The summed E-state index contributed by atoms with van der Waals surface area (Å²) in [6, 6.07) is -0.944. The molecule has 0 saturated heterocycles. The Morgan fingerprint density at radius 1 is 2.00 bits per heavy atom. The van der Waals surface area contributed by atoms with E-state index in [1.54, 1.807) is 0 Å². The van der Waals surface area contributed by atoms with Crippen molar-refractivity contribution in [1.29, 1.82) is 0 Å². The topological polar surface area (TPSA) is 49.1 Å². The molecule has 1 atom stereocenters. The van der Waals surface area contributed by atoms with E-state index in [0.29, 0.717) is 0 Å². The molecule has 0 rings (SSSR count). The Balaban J connectivity index is 2.54. The van der Waals surface area contributed by atoms with Crippen molar-refractivity contribution in [1.82, 2.24) is 0 Å². The van der Waals surface area contributed by atoms with Gasteiger partial charge >= 0.3 is 0 Å². The van der Waals surface area contributed by atoms with Crippen LogP contribution < -0.4 is 5.14 Å². The van der Waals surface area contributed by atoms with Crippen molar-refractivity contribution >= 4 is 11.4 Å².